The van der Waals surface area contributed by atoms with E-state index in [4.69, 9.17) is 9.84 Å². The number of methoxy groups -OCH3 is 1. The smallest absolute Gasteiger partial charge is 0.303 e. The topological polar surface area (TPSA) is 66.8 Å². The predicted octanol–water partition coefficient (Wildman–Crippen LogP) is 4.00. The van der Waals surface area contributed by atoms with Crippen LogP contribution >= 0.6 is 0 Å². The number of carbonyl (C=O) groups is 1. The quantitative estimate of drug-likeness (QED) is 0.854. The van der Waals surface area contributed by atoms with Gasteiger partial charge in [0, 0.05) is 6.42 Å². The standard InChI is InChI=1S/C22H30O4/c1-22-10-9-17-16-7-5-15(26-2)11-13(16)3-6-18(17)21(22)14(12-19(22)23)4-8-20(24)25/h5,7,11,14,17-19,21,23H,3-4,6,8-10,12H2,1-2H3,(H,24,25)/t14-,17?,18?,19+,21?,22-/m1/s1. The Morgan fingerprint density at radius 2 is 2.15 bits per heavy atom. The van der Waals surface area contributed by atoms with Crippen molar-refractivity contribution in [1.29, 1.82) is 0 Å². The molecule has 2 fully saturated rings. The van der Waals surface area contributed by atoms with Crippen molar-refractivity contribution in [2.75, 3.05) is 7.11 Å². The van der Waals surface area contributed by atoms with Gasteiger partial charge in [0.15, 0.2) is 0 Å². The fourth-order valence-corrected chi connectivity index (χ4v) is 6.55. The molecule has 2 saturated carbocycles. The minimum atomic E-state index is -0.721. The molecule has 4 heteroatoms. The lowest BCUT2D eigenvalue weighted by atomic mass is 9.54. The molecule has 1 aromatic carbocycles. The van der Waals surface area contributed by atoms with Crippen molar-refractivity contribution in [3.8, 4) is 5.75 Å². The average Bonchev–Trinajstić information content (AvgIpc) is 2.89. The summed E-state index contributed by atoms with van der Waals surface area (Å²) in [5.74, 6) is 2.08. The van der Waals surface area contributed by atoms with E-state index in [1.165, 1.54) is 11.1 Å². The Labute approximate surface area is 155 Å². The second kappa shape index (κ2) is 6.56. The number of hydrogen-bond donors (Lipinski definition) is 2. The zero-order valence-corrected chi connectivity index (χ0v) is 15.8. The van der Waals surface area contributed by atoms with Crippen molar-refractivity contribution in [3.05, 3.63) is 29.3 Å². The fourth-order valence-electron chi connectivity index (χ4n) is 6.55. The van der Waals surface area contributed by atoms with Gasteiger partial charge in [-0.1, -0.05) is 13.0 Å². The summed E-state index contributed by atoms with van der Waals surface area (Å²) in [7, 11) is 1.71. The van der Waals surface area contributed by atoms with Crippen LogP contribution in [-0.4, -0.2) is 29.4 Å². The number of hydrogen-bond acceptors (Lipinski definition) is 3. The first-order valence-corrected chi connectivity index (χ1v) is 10.0. The maximum Gasteiger partial charge on any atom is 0.303 e. The van der Waals surface area contributed by atoms with E-state index >= 15 is 0 Å². The maximum absolute atomic E-state index is 11.1. The van der Waals surface area contributed by atoms with Crippen LogP contribution in [-0.2, 0) is 11.2 Å². The van der Waals surface area contributed by atoms with Crippen molar-refractivity contribution in [3.63, 3.8) is 0 Å². The monoisotopic (exact) mass is 358 g/mol. The number of aliphatic carboxylic acids is 1. The highest BCUT2D eigenvalue weighted by atomic mass is 16.5. The minimum absolute atomic E-state index is 0.0473. The van der Waals surface area contributed by atoms with Crippen LogP contribution in [0.5, 0.6) is 5.75 Å². The zero-order chi connectivity index (χ0) is 18.5. The van der Waals surface area contributed by atoms with E-state index < -0.39 is 5.97 Å². The summed E-state index contributed by atoms with van der Waals surface area (Å²) >= 11 is 0. The van der Waals surface area contributed by atoms with Crippen LogP contribution in [0.4, 0.5) is 0 Å². The Bertz CT molecular complexity index is 699. The molecule has 0 bridgehead atoms. The summed E-state index contributed by atoms with van der Waals surface area (Å²) in [4.78, 5) is 11.1. The lowest BCUT2D eigenvalue weighted by molar-refractivity contribution is -0.137. The third-order valence-electron chi connectivity index (χ3n) is 7.75. The van der Waals surface area contributed by atoms with Gasteiger partial charge in [-0.25, -0.2) is 0 Å². The van der Waals surface area contributed by atoms with Gasteiger partial charge in [-0.05, 0) is 90.9 Å². The summed E-state index contributed by atoms with van der Waals surface area (Å²) in [5, 5.41) is 19.9. The van der Waals surface area contributed by atoms with Crippen molar-refractivity contribution in [1.82, 2.24) is 0 Å². The molecule has 26 heavy (non-hydrogen) atoms. The van der Waals surface area contributed by atoms with Crippen LogP contribution in [0.1, 0.15) is 62.5 Å². The van der Waals surface area contributed by atoms with Crippen LogP contribution in [0.25, 0.3) is 0 Å². The number of rotatable bonds is 4. The first kappa shape index (κ1) is 17.8. The van der Waals surface area contributed by atoms with Crippen molar-refractivity contribution in [2.45, 2.75) is 63.9 Å². The number of carboxylic acids is 1. The maximum atomic E-state index is 11.1. The molecule has 0 spiro atoms. The zero-order valence-electron chi connectivity index (χ0n) is 15.8. The predicted molar refractivity (Wildman–Crippen MR) is 99.4 cm³/mol. The molecule has 0 amide bonds. The number of fused-ring (bicyclic) bond motifs is 5. The first-order valence-electron chi connectivity index (χ1n) is 10.0. The number of aliphatic hydroxyl groups is 1. The van der Waals surface area contributed by atoms with Gasteiger partial charge in [-0.2, -0.15) is 0 Å². The summed E-state index contributed by atoms with van der Waals surface area (Å²) in [6, 6.07) is 6.50. The van der Waals surface area contributed by atoms with Gasteiger partial charge in [0.25, 0.3) is 0 Å². The second-order valence-corrected chi connectivity index (χ2v) is 8.89. The van der Waals surface area contributed by atoms with Crippen molar-refractivity contribution in [2.24, 2.45) is 23.2 Å². The SMILES string of the molecule is COc1ccc2c(c1)CCC1C2CC[C@@]2(C)C1[C@H](CCC(=O)O)C[C@@H]2O. The van der Waals surface area contributed by atoms with Crippen molar-refractivity contribution < 1.29 is 19.7 Å². The van der Waals surface area contributed by atoms with Gasteiger partial charge in [-0.3, -0.25) is 4.79 Å². The fraction of sp³-hybridized carbons (Fsp3) is 0.682. The summed E-state index contributed by atoms with van der Waals surface area (Å²) < 4.78 is 5.40. The van der Waals surface area contributed by atoms with E-state index in [0.29, 0.717) is 30.1 Å². The van der Waals surface area contributed by atoms with Gasteiger partial charge in [0.1, 0.15) is 5.75 Å². The third kappa shape index (κ3) is 2.74. The molecular weight excluding hydrogens is 328 g/mol. The van der Waals surface area contributed by atoms with Crippen LogP contribution in [0.15, 0.2) is 18.2 Å². The molecule has 3 aliphatic rings. The first-order chi connectivity index (χ1) is 12.4. The molecule has 1 aromatic rings. The Morgan fingerprint density at radius 1 is 1.35 bits per heavy atom. The van der Waals surface area contributed by atoms with E-state index in [0.717, 1.165) is 37.9 Å². The highest BCUT2D eigenvalue weighted by Crippen LogP contribution is 2.63. The minimum Gasteiger partial charge on any atom is -0.497 e. The summed E-state index contributed by atoms with van der Waals surface area (Å²) in [6.07, 6.45) is 5.76. The van der Waals surface area contributed by atoms with Gasteiger partial charge >= 0.3 is 5.97 Å². The highest BCUT2D eigenvalue weighted by Gasteiger charge is 2.58. The Hall–Kier alpha value is -1.55. The molecule has 4 rings (SSSR count). The largest absolute Gasteiger partial charge is 0.497 e. The molecular formula is C22H30O4. The van der Waals surface area contributed by atoms with E-state index in [2.05, 4.69) is 25.1 Å². The highest BCUT2D eigenvalue weighted by molar-refractivity contribution is 5.66. The van der Waals surface area contributed by atoms with Gasteiger partial charge in [0.2, 0.25) is 0 Å². The van der Waals surface area contributed by atoms with Gasteiger partial charge in [-0.15, -0.1) is 0 Å². The van der Waals surface area contributed by atoms with Gasteiger partial charge in [0.05, 0.1) is 13.2 Å². The van der Waals surface area contributed by atoms with Crippen LogP contribution < -0.4 is 4.74 Å². The number of aryl methyl sites for hydroxylation is 1. The Kier molecular flexibility index (Phi) is 4.50. The summed E-state index contributed by atoms with van der Waals surface area (Å²) in [5.41, 5.74) is 2.83. The number of ether oxygens (including phenoxy) is 1. The van der Waals surface area contributed by atoms with Crippen LogP contribution in [0.2, 0.25) is 0 Å². The third-order valence-corrected chi connectivity index (χ3v) is 7.75. The van der Waals surface area contributed by atoms with Crippen LogP contribution in [0, 0.1) is 23.2 Å². The van der Waals surface area contributed by atoms with E-state index in [-0.39, 0.29) is 17.9 Å². The molecule has 0 aliphatic heterocycles. The van der Waals surface area contributed by atoms with Gasteiger partial charge < -0.3 is 14.9 Å². The molecule has 0 aromatic heterocycles. The lowest BCUT2D eigenvalue weighted by Crippen LogP contribution is -2.45. The Balaban J connectivity index is 1.64. The second-order valence-electron chi connectivity index (χ2n) is 8.89. The van der Waals surface area contributed by atoms with Crippen molar-refractivity contribution >= 4 is 5.97 Å². The number of aliphatic hydroxyl groups excluding tert-OH is 1. The van der Waals surface area contributed by atoms with Crippen LogP contribution in [0.3, 0.4) is 0 Å². The van der Waals surface area contributed by atoms with E-state index in [1.54, 1.807) is 7.11 Å². The lowest BCUT2D eigenvalue weighted by Gasteiger charge is -2.51. The normalized spacial score (nSPS) is 38.2. The molecule has 4 nitrogen and oxygen atoms in total. The molecule has 142 valence electrons. The molecule has 6 atom stereocenters. The average molecular weight is 358 g/mol. The number of carboxylic acid groups (broad SMARTS) is 1. The molecule has 3 aliphatic carbocycles. The Morgan fingerprint density at radius 3 is 2.88 bits per heavy atom. The van der Waals surface area contributed by atoms with E-state index in [9.17, 15) is 9.90 Å². The van der Waals surface area contributed by atoms with E-state index in [1.807, 2.05) is 0 Å². The molecule has 0 saturated heterocycles. The molecule has 2 N–H and O–H groups in total. The molecule has 3 unspecified atom stereocenters. The molecule has 0 radical (unpaired) electrons. The summed E-state index contributed by atoms with van der Waals surface area (Å²) in [6.45, 7) is 2.25. The number of benzene rings is 1. The molecule has 0 heterocycles.